The molecule has 0 spiro atoms. The highest BCUT2D eigenvalue weighted by Gasteiger charge is 2.25. The second-order valence-electron chi connectivity index (χ2n) is 5.68. The van der Waals surface area contributed by atoms with Gasteiger partial charge in [0.15, 0.2) is 0 Å². The van der Waals surface area contributed by atoms with Crippen molar-refractivity contribution in [3.8, 4) is 0 Å². The standard InChI is InChI=1S/C18H23FN2O3S/c1-5-21(6-2)15(22)10-20(3)18(23)17-12(11-24-4)16-13(19)8-7-9-14(16)25-17/h7-9H,5-6,10-11H2,1-4H3. The summed E-state index contributed by atoms with van der Waals surface area (Å²) >= 11 is 1.23. The van der Waals surface area contributed by atoms with E-state index in [4.69, 9.17) is 4.74 Å². The molecule has 0 fully saturated rings. The van der Waals surface area contributed by atoms with Crippen LogP contribution in [0.2, 0.25) is 0 Å². The Morgan fingerprint density at radius 1 is 1.24 bits per heavy atom. The number of carbonyl (C=O) groups excluding carboxylic acids is 2. The number of hydrogen-bond donors (Lipinski definition) is 0. The molecule has 0 saturated heterocycles. The molecule has 2 amide bonds. The summed E-state index contributed by atoms with van der Waals surface area (Å²) in [5, 5.41) is 0.418. The summed E-state index contributed by atoms with van der Waals surface area (Å²) in [6, 6.07) is 4.77. The first-order chi connectivity index (χ1) is 11.9. The molecule has 0 N–H and O–H groups in total. The highest BCUT2D eigenvalue weighted by Crippen LogP contribution is 2.34. The summed E-state index contributed by atoms with van der Waals surface area (Å²) in [5.74, 6) is -0.781. The number of rotatable bonds is 7. The number of thiophene rings is 1. The van der Waals surface area contributed by atoms with E-state index in [9.17, 15) is 14.0 Å². The van der Waals surface area contributed by atoms with Gasteiger partial charge in [0, 0.05) is 42.9 Å². The number of nitrogens with zero attached hydrogens (tertiary/aromatic N) is 2. The number of likely N-dealkylation sites (N-methyl/N-ethyl adjacent to an activating group) is 2. The van der Waals surface area contributed by atoms with Crippen LogP contribution in [0, 0.1) is 5.82 Å². The first-order valence-corrected chi connectivity index (χ1v) is 8.98. The first kappa shape index (κ1) is 19.3. The van der Waals surface area contributed by atoms with Crippen molar-refractivity contribution in [2.24, 2.45) is 0 Å². The lowest BCUT2D eigenvalue weighted by Crippen LogP contribution is -2.41. The maximum absolute atomic E-state index is 14.2. The molecule has 1 heterocycles. The summed E-state index contributed by atoms with van der Waals surface area (Å²) in [5.41, 5.74) is 0.535. The zero-order chi connectivity index (χ0) is 18.6. The van der Waals surface area contributed by atoms with Crippen LogP contribution in [0.25, 0.3) is 10.1 Å². The molecule has 1 aromatic heterocycles. The molecule has 0 saturated carbocycles. The van der Waals surface area contributed by atoms with Gasteiger partial charge in [0.25, 0.3) is 5.91 Å². The Morgan fingerprint density at radius 2 is 1.92 bits per heavy atom. The average molecular weight is 366 g/mol. The van der Waals surface area contributed by atoms with E-state index >= 15 is 0 Å². The minimum Gasteiger partial charge on any atom is -0.380 e. The summed E-state index contributed by atoms with van der Waals surface area (Å²) in [6.45, 7) is 5.12. The molecule has 25 heavy (non-hydrogen) atoms. The van der Waals surface area contributed by atoms with Crippen LogP contribution in [0.3, 0.4) is 0 Å². The Kier molecular flexibility index (Phi) is 6.50. The molecule has 2 rings (SSSR count). The molecular weight excluding hydrogens is 343 g/mol. The Hall–Kier alpha value is -1.99. The molecule has 0 aliphatic heterocycles. The monoisotopic (exact) mass is 366 g/mol. The number of carbonyl (C=O) groups is 2. The maximum atomic E-state index is 14.2. The Bertz CT molecular complexity index is 771. The zero-order valence-electron chi connectivity index (χ0n) is 15.0. The summed E-state index contributed by atoms with van der Waals surface area (Å²) in [7, 11) is 3.09. The normalized spacial score (nSPS) is 10.9. The van der Waals surface area contributed by atoms with E-state index in [1.165, 1.54) is 29.4 Å². The lowest BCUT2D eigenvalue weighted by atomic mass is 10.1. The van der Waals surface area contributed by atoms with Crippen molar-refractivity contribution >= 4 is 33.2 Å². The fourth-order valence-electron chi connectivity index (χ4n) is 2.75. The van der Waals surface area contributed by atoms with Gasteiger partial charge in [-0.15, -0.1) is 11.3 Å². The van der Waals surface area contributed by atoms with Gasteiger partial charge in [-0.1, -0.05) is 6.07 Å². The molecule has 7 heteroatoms. The lowest BCUT2D eigenvalue weighted by Gasteiger charge is -2.23. The van der Waals surface area contributed by atoms with Crippen LogP contribution in [-0.2, 0) is 16.1 Å². The van der Waals surface area contributed by atoms with Crippen LogP contribution in [0.4, 0.5) is 4.39 Å². The smallest absolute Gasteiger partial charge is 0.264 e. The fourth-order valence-corrected chi connectivity index (χ4v) is 3.96. The van der Waals surface area contributed by atoms with E-state index in [1.54, 1.807) is 24.1 Å². The zero-order valence-corrected chi connectivity index (χ0v) is 15.8. The molecule has 2 aromatic rings. The van der Waals surface area contributed by atoms with Crippen LogP contribution in [0.1, 0.15) is 29.1 Å². The van der Waals surface area contributed by atoms with Crippen molar-refractivity contribution < 1.29 is 18.7 Å². The fraction of sp³-hybridized carbons (Fsp3) is 0.444. The second-order valence-corrected chi connectivity index (χ2v) is 6.74. The molecule has 0 radical (unpaired) electrons. The topological polar surface area (TPSA) is 49.9 Å². The SMILES string of the molecule is CCN(CC)C(=O)CN(C)C(=O)c1sc2cccc(F)c2c1COC. The van der Waals surface area contributed by atoms with Gasteiger partial charge >= 0.3 is 0 Å². The van der Waals surface area contributed by atoms with Crippen molar-refractivity contribution in [2.75, 3.05) is 33.8 Å². The van der Waals surface area contributed by atoms with Gasteiger partial charge in [0.05, 0.1) is 18.0 Å². The molecule has 136 valence electrons. The Morgan fingerprint density at radius 3 is 2.52 bits per heavy atom. The minimum absolute atomic E-state index is 0.0103. The van der Waals surface area contributed by atoms with E-state index < -0.39 is 0 Å². The van der Waals surface area contributed by atoms with Crippen LogP contribution >= 0.6 is 11.3 Å². The maximum Gasteiger partial charge on any atom is 0.264 e. The van der Waals surface area contributed by atoms with Crippen molar-refractivity contribution in [3.63, 3.8) is 0 Å². The number of halogens is 1. The van der Waals surface area contributed by atoms with Crippen LogP contribution in [0.5, 0.6) is 0 Å². The highest BCUT2D eigenvalue weighted by atomic mass is 32.1. The van der Waals surface area contributed by atoms with Crippen molar-refractivity contribution in [1.82, 2.24) is 9.80 Å². The largest absolute Gasteiger partial charge is 0.380 e. The predicted octanol–water partition coefficient (Wildman–Crippen LogP) is 3.13. The van der Waals surface area contributed by atoms with E-state index in [0.717, 1.165) is 0 Å². The van der Waals surface area contributed by atoms with Gasteiger partial charge in [0.2, 0.25) is 5.91 Å². The summed E-state index contributed by atoms with van der Waals surface area (Å²) in [6.07, 6.45) is 0. The van der Waals surface area contributed by atoms with E-state index in [2.05, 4.69) is 0 Å². The van der Waals surface area contributed by atoms with Crippen LogP contribution in [-0.4, -0.2) is 55.4 Å². The third kappa shape index (κ3) is 3.99. The van der Waals surface area contributed by atoms with Crippen LogP contribution < -0.4 is 0 Å². The Balaban J connectivity index is 2.33. The molecule has 0 unspecified atom stereocenters. The van der Waals surface area contributed by atoms with Gasteiger partial charge < -0.3 is 14.5 Å². The van der Waals surface area contributed by atoms with Gasteiger partial charge in [-0.05, 0) is 26.0 Å². The number of amides is 2. The molecule has 0 bridgehead atoms. The molecule has 0 aliphatic rings. The molecular formula is C18H23FN2O3S. The lowest BCUT2D eigenvalue weighted by molar-refractivity contribution is -0.131. The van der Waals surface area contributed by atoms with E-state index in [1.807, 2.05) is 13.8 Å². The minimum atomic E-state index is -0.373. The molecule has 5 nitrogen and oxygen atoms in total. The first-order valence-electron chi connectivity index (χ1n) is 8.16. The molecule has 0 aliphatic carbocycles. The number of methoxy groups -OCH3 is 1. The van der Waals surface area contributed by atoms with E-state index in [-0.39, 0.29) is 30.8 Å². The quantitative estimate of drug-likeness (QED) is 0.756. The number of hydrogen-bond acceptors (Lipinski definition) is 4. The van der Waals surface area contributed by atoms with Crippen LogP contribution in [0.15, 0.2) is 18.2 Å². The number of benzene rings is 1. The number of fused-ring (bicyclic) bond motifs is 1. The summed E-state index contributed by atoms with van der Waals surface area (Å²) < 4.78 is 20.1. The predicted molar refractivity (Wildman–Crippen MR) is 97.4 cm³/mol. The third-order valence-corrected chi connectivity index (χ3v) is 5.27. The van der Waals surface area contributed by atoms with Gasteiger partial charge in [0.1, 0.15) is 5.82 Å². The van der Waals surface area contributed by atoms with E-state index in [0.29, 0.717) is 33.6 Å². The van der Waals surface area contributed by atoms with Gasteiger partial charge in [-0.25, -0.2) is 4.39 Å². The summed E-state index contributed by atoms with van der Waals surface area (Å²) in [4.78, 5) is 28.5. The second kappa shape index (κ2) is 8.40. The van der Waals surface area contributed by atoms with Crippen molar-refractivity contribution in [1.29, 1.82) is 0 Å². The number of ether oxygens (including phenoxy) is 1. The van der Waals surface area contributed by atoms with Crippen molar-refractivity contribution in [3.05, 3.63) is 34.5 Å². The highest BCUT2D eigenvalue weighted by molar-refractivity contribution is 7.21. The van der Waals surface area contributed by atoms with Crippen molar-refractivity contribution in [2.45, 2.75) is 20.5 Å². The average Bonchev–Trinajstić information content (AvgIpc) is 2.95. The Labute approximate surface area is 151 Å². The third-order valence-electron chi connectivity index (χ3n) is 4.08. The van der Waals surface area contributed by atoms with Gasteiger partial charge in [-0.2, -0.15) is 0 Å². The van der Waals surface area contributed by atoms with Gasteiger partial charge in [-0.3, -0.25) is 9.59 Å². The molecule has 1 aromatic carbocycles. The molecule has 0 atom stereocenters.